The molecule has 0 bridgehead atoms. The predicted molar refractivity (Wildman–Crippen MR) is 134 cm³/mol. The molecule has 0 heterocycles. The minimum atomic E-state index is -0.873. The summed E-state index contributed by atoms with van der Waals surface area (Å²) in [4.78, 5) is 25.5. The third-order valence-electron chi connectivity index (χ3n) is 5.95. The second-order valence-electron chi connectivity index (χ2n) is 8.28. The lowest BCUT2D eigenvalue weighted by molar-refractivity contribution is -0.147. The van der Waals surface area contributed by atoms with Crippen LogP contribution < -0.4 is 5.32 Å². The third-order valence-corrected chi connectivity index (χ3v) is 5.95. The van der Waals surface area contributed by atoms with Gasteiger partial charge in [-0.05, 0) is 34.2 Å². The van der Waals surface area contributed by atoms with Crippen molar-refractivity contribution in [2.75, 3.05) is 20.3 Å². The standard InChI is InChI=1S/C29H29NO5/c1-33-18-10-9-17-27(28(31)34-19-21-11-3-2-4-12-21)30-29(32)35-20-26-24-15-7-5-13-22(24)23-14-6-8-16-25(23)26/h2-16,26-27H,17-20H2,1H3,(H,30,32)/t27-/m0/s1. The van der Waals surface area contributed by atoms with Crippen LogP contribution in [0.15, 0.2) is 91.0 Å². The van der Waals surface area contributed by atoms with Crippen LogP contribution in [0.5, 0.6) is 0 Å². The minimum absolute atomic E-state index is 0.0572. The highest BCUT2D eigenvalue weighted by molar-refractivity contribution is 5.82. The van der Waals surface area contributed by atoms with Gasteiger partial charge >= 0.3 is 12.1 Å². The van der Waals surface area contributed by atoms with Gasteiger partial charge in [0.25, 0.3) is 0 Å². The molecule has 180 valence electrons. The zero-order valence-electron chi connectivity index (χ0n) is 19.7. The molecule has 0 radical (unpaired) electrons. The van der Waals surface area contributed by atoms with E-state index in [-0.39, 0.29) is 25.6 Å². The molecule has 0 saturated carbocycles. The Morgan fingerprint density at radius 1 is 0.857 bits per heavy atom. The number of fused-ring (bicyclic) bond motifs is 3. The monoisotopic (exact) mass is 471 g/mol. The van der Waals surface area contributed by atoms with Crippen LogP contribution >= 0.6 is 0 Å². The van der Waals surface area contributed by atoms with Gasteiger partial charge in [0, 0.05) is 13.0 Å². The highest BCUT2D eigenvalue weighted by Crippen LogP contribution is 2.44. The summed E-state index contributed by atoms with van der Waals surface area (Å²) in [6.45, 7) is 0.714. The van der Waals surface area contributed by atoms with Crippen LogP contribution in [0.1, 0.15) is 29.0 Å². The molecule has 35 heavy (non-hydrogen) atoms. The van der Waals surface area contributed by atoms with Crippen LogP contribution in [-0.2, 0) is 25.6 Å². The average Bonchev–Trinajstić information content (AvgIpc) is 3.22. The number of benzene rings is 3. The van der Waals surface area contributed by atoms with Gasteiger partial charge in [0.05, 0.1) is 6.61 Å². The number of carbonyl (C=O) groups excluding carboxylic acids is 2. The van der Waals surface area contributed by atoms with Gasteiger partial charge in [0.15, 0.2) is 0 Å². The van der Waals surface area contributed by atoms with Crippen molar-refractivity contribution in [2.24, 2.45) is 0 Å². The van der Waals surface area contributed by atoms with Gasteiger partial charge in [-0.15, -0.1) is 0 Å². The lowest BCUT2D eigenvalue weighted by Crippen LogP contribution is -2.42. The summed E-state index contributed by atoms with van der Waals surface area (Å²) in [5, 5.41) is 2.67. The van der Waals surface area contributed by atoms with E-state index in [0.29, 0.717) is 6.61 Å². The number of amides is 1. The van der Waals surface area contributed by atoms with E-state index in [0.717, 1.165) is 27.8 Å². The van der Waals surface area contributed by atoms with Crippen molar-refractivity contribution in [3.05, 3.63) is 108 Å². The highest BCUT2D eigenvalue weighted by atomic mass is 16.6. The number of nitrogens with one attached hydrogen (secondary N) is 1. The maximum atomic E-state index is 12.7. The molecule has 0 spiro atoms. The first-order chi connectivity index (χ1) is 17.2. The first kappa shape index (κ1) is 24.2. The molecule has 3 aromatic rings. The molecule has 3 aromatic carbocycles. The van der Waals surface area contributed by atoms with Crippen molar-refractivity contribution in [1.29, 1.82) is 0 Å². The molecule has 1 aliphatic carbocycles. The van der Waals surface area contributed by atoms with Crippen LogP contribution in [0, 0.1) is 0 Å². The number of esters is 1. The van der Waals surface area contributed by atoms with Crippen LogP contribution in [-0.4, -0.2) is 38.4 Å². The number of methoxy groups -OCH3 is 1. The quantitative estimate of drug-likeness (QED) is 0.324. The zero-order chi connectivity index (χ0) is 24.5. The molecule has 1 N–H and O–H groups in total. The molecule has 0 fully saturated rings. The fourth-order valence-electron chi connectivity index (χ4n) is 4.22. The lowest BCUT2D eigenvalue weighted by Gasteiger charge is -2.18. The van der Waals surface area contributed by atoms with Gasteiger partial charge in [-0.25, -0.2) is 9.59 Å². The lowest BCUT2D eigenvalue weighted by atomic mass is 9.98. The highest BCUT2D eigenvalue weighted by Gasteiger charge is 2.29. The fraction of sp³-hybridized carbons (Fsp3) is 0.241. The van der Waals surface area contributed by atoms with Crippen molar-refractivity contribution in [3.8, 4) is 11.1 Å². The number of hydrogen-bond acceptors (Lipinski definition) is 5. The van der Waals surface area contributed by atoms with E-state index in [1.54, 1.807) is 19.3 Å². The third kappa shape index (κ3) is 6.16. The van der Waals surface area contributed by atoms with Crippen molar-refractivity contribution in [3.63, 3.8) is 0 Å². The maximum Gasteiger partial charge on any atom is 0.407 e. The van der Waals surface area contributed by atoms with Crippen LogP contribution in [0.2, 0.25) is 0 Å². The summed E-state index contributed by atoms with van der Waals surface area (Å²) >= 11 is 0. The van der Waals surface area contributed by atoms with Gasteiger partial charge in [-0.3, -0.25) is 0 Å². The molecule has 1 atom stereocenters. The number of alkyl carbamates (subject to hydrolysis) is 1. The first-order valence-corrected chi connectivity index (χ1v) is 11.6. The average molecular weight is 472 g/mol. The van der Waals surface area contributed by atoms with Crippen LogP contribution in [0.3, 0.4) is 0 Å². The normalized spacial score (nSPS) is 13.2. The Kier molecular flexibility index (Phi) is 8.30. The number of carbonyl (C=O) groups is 2. The van der Waals surface area contributed by atoms with Gasteiger partial charge in [0.1, 0.15) is 19.3 Å². The summed E-state index contributed by atoms with van der Waals surface area (Å²) in [6, 6.07) is 24.8. The molecule has 0 unspecified atom stereocenters. The molecule has 0 saturated heterocycles. The Morgan fingerprint density at radius 2 is 1.49 bits per heavy atom. The predicted octanol–water partition coefficient (Wildman–Crippen LogP) is 5.23. The molecule has 4 rings (SSSR count). The van der Waals surface area contributed by atoms with Crippen LogP contribution in [0.25, 0.3) is 11.1 Å². The van der Waals surface area contributed by atoms with Crippen molar-refractivity contribution >= 4 is 12.1 Å². The van der Waals surface area contributed by atoms with Crippen molar-refractivity contribution < 1.29 is 23.8 Å². The van der Waals surface area contributed by atoms with E-state index in [4.69, 9.17) is 14.2 Å². The first-order valence-electron chi connectivity index (χ1n) is 11.6. The summed E-state index contributed by atoms with van der Waals surface area (Å²) in [7, 11) is 1.59. The molecular weight excluding hydrogens is 442 g/mol. The summed E-state index contributed by atoms with van der Waals surface area (Å²) in [6.07, 6.45) is 3.17. The van der Waals surface area contributed by atoms with E-state index >= 15 is 0 Å². The van der Waals surface area contributed by atoms with Crippen molar-refractivity contribution in [2.45, 2.75) is 25.0 Å². The zero-order valence-corrected chi connectivity index (χ0v) is 19.7. The second kappa shape index (κ2) is 12.0. The van der Waals surface area contributed by atoms with E-state index in [1.807, 2.05) is 54.6 Å². The fourth-order valence-corrected chi connectivity index (χ4v) is 4.22. The molecule has 0 aromatic heterocycles. The van der Waals surface area contributed by atoms with Gasteiger partial charge < -0.3 is 19.5 Å². The molecule has 1 amide bonds. The SMILES string of the molecule is COCC=CC[C@H](NC(=O)OCC1c2ccccc2-c2ccccc21)C(=O)OCc1ccccc1. The van der Waals surface area contributed by atoms with E-state index < -0.39 is 18.1 Å². The van der Waals surface area contributed by atoms with Gasteiger partial charge in [0.2, 0.25) is 0 Å². The molecule has 1 aliphatic rings. The minimum Gasteiger partial charge on any atom is -0.459 e. The van der Waals surface area contributed by atoms with Gasteiger partial charge in [-0.2, -0.15) is 0 Å². The van der Waals surface area contributed by atoms with E-state index in [9.17, 15) is 9.59 Å². The summed E-state index contributed by atoms with van der Waals surface area (Å²) < 4.78 is 16.1. The maximum absolute atomic E-state index is 12.7. The summed E-state index contributed by atoms with van der Waals surface area (Å²) in [5.41, 5.74) is 5.44. The largest absolute Gasteiger partial charge is 0.459 e. The van der Waals surface area contributed by atoms with Gasteiger partial charge in [-0.1, -0.05) is 91.0 Å². The van der Waals surface area contributed by atoms with E-state index in [1.165, 1.54) is 0 Å². The number of ether oxygens (including phenoxy) is 3. The Hall–Kier alpha value is -3.90. The van der Waals surface area contributed by atoms with Crippen molar-refractivity contribution in [1.82, 2.24) is 5.32 Å². The molecule has 6 heteroatoms. The smallest absolute Gasteiger partial charge is 0.407 e. The van der Waals surface area contributed by atoms with Crippen LogP contribution in [0.4, 0.5) is 4.79 Å². The molecule has 6 nitrogen and oxygen atoms in total. The Labute approximate surface area is 205 Å². The van der Waals surface area contributed by atoms with E-state index in [2.05, 4.69) is 29.6 Å². The molecule has 0 aliphatic heterocycles. The second-order valence-corrected chi connectivity index (χ2v) is 8.28. The number of hydrogen-bond donors (Lipinski definition) is 1. The Morgan fingerprint density at radius 3 is 2.14 bits per heavy atom. The Bertz CT molecular complexity index is 1130. The number of rotatable bonds is 10. The Balaban J connectivity index is 1.38. The topological polar surface area (TPSA) is 73.9 Å². The summed E-state index contributed by atoms with van der Waals surface area (Å²) in [5.74, 6) is -0.581. The molecular formula is C29H29NO5.